The molecular weight excluding hydrogens is 266 g/mol. The molecule has 1 N–H and O–H groups in total. The molecule has 1 amide bonds. The van der Waals surface area contributed by atoms with Crippen molar-refractivity contribution in [3.8, 4) is 0 Å². The summed E-state index contributed by atoms with van der Waals surface area (Å²) in [5.74, 6) is 0.0594. The lowest BCUT2D eigenvalue weighted by atomic mass is 9.89. The maximum atomic E-state index is 12.2. The molecule has 3 rings (SSSR count). The Morgan fingerprint density at radius 2 is 2.28 bits per heavy atom. The molecule has 0 saturated carbocycles. The molecule has 96 valence electrons. The molecular formula is C13H15NO2S2. The van der Waals surface area contributed by atoms with E-state index in [0.29, 0.717) is 13.1 Å². The molecule has 0 aromatic carbocycles. The van der Waals surface area contributed by atoms with Crippen LogP contribution in [0.25, 0.3) is 9.40 Å². The third-order valence-electron chi connectivity index (χ3n) is 3.32. The zero-order valence-electron chi connectivity index (χ0n) is 10.2. The number of likely N-dealkylation sites (tertiary alicyclic amines) is 1. The van der Waals surface area contributed by atoms with Gasteiger partial charge in [-0.3, -0.25) is 4.79 Å². The van der Waals surface area contributed by atoms with Crippen LogP contribution in [0.3, 0.4) is 0 Å². The van der Waals surface area contributed by atoms with Crippen molar-refractivity contribution in [2.45, 2.75) is 25.4 Å². The maximum absolute atomic E-state index is 12.2. The first kappa shape index (κ1) is 12.1. The van der Waals surface area contributed by atoms with Crippen LogP contribution in [0, 0.1) is 0 Å². The summed E-state index contributed by atoms with van der Waals surface area (Å²) >= 11 is 3.20. The molecule has 0 atom stereocenters. The molecule has 2 aromatic rings. The molecule has 1 fully saturated rings. The zero-order chi connectivity index (χ0) is 12.8. The second kappa shape index (κ2) is 4.33. The second-order valence-corrected chi connectivity index (χ2v) is 6.93. The van der Waals surface area contributed by atoms with Gasteiger partial charge in [0.1, 0.15) is 0 Å². The predicted octanol–water partition coefficient (Wildman–Crippen LogP) is 2.95. The number of carbonyl (C=O) groups excluding carboxylic acids is 1. The summed E-state index contributed by atoms with van der Waals surface area (Å²) < 4.78 is 2.35. The Labute approximate surface area is 114 Å². The van der Waals surface area contributed by atoms with Gasteiger partial charge in [-0.15, -0.1) is 22.7 Å². The van der Waals surface area contributed by atoms with Crippen molar-refractivity contribution in [1.82, 2.24) is 4.90 Å². The third kappa shape index (κ3) is 1.96. The van der Waals surface area contributed by atoms with Crippen LogP contribution in [0.2, 0.25) is 0 Å². The van der Waals surface area contributed by atoms with E-state index in [0.717, 1.165) is 17.7 Å². The van der Waals surface area contributed by atoms with Crippen LogP contribution in [-0.2, 0) is 0 Å². The van der Waals surface area contributed by atoms with Gasteiger partial charge in [0.25, 0.3) is 5.91 Å². The van der Waals surface area contributed by atoms with Gasteiger partial charge < -0.3 is 10.0 Å². The van der Waals surface area contributed by atoms with Gasteiger partial charge in [0.15, 0.2) is 0 Å². The molecule has 3 nitrogen and oxygen atoms in total. The van der Waals surface area contributed by atoms with Gasteiger partial charge in [-0.25, -0.2) is 0 Å². The van der Waals surface area contributed by atoms with E-state index >= 15 is 0 Å². The highest BCUT2D eigenvalue weighted by Gasteiger charge is 2.43. The highest BCUT2D eigenvalue weighted by Crippen LogP contribution is 2.33. The first-order valence-corrected chi connectivity index (χ1v) is 7.80. The van der Waals surface area contributed by atoms with Crippen LogP contribution >= 0.6 is 22.7 Å². The molecule has 3 heterocycles. The lowest BCUT2D eigenvalue weighted by Crippen LogP contribution is -2.63. The molecule has 0 aliphatic carbocycles. The van der Waals surface area contributed by atoms with E-state index in [1.165, 1.54) is 9.40 Å². The number of aliphatic hydroxyl groups is 1. The number of rotatable bonds is 3. The fourth-order valence-electron chi connectivity index (χ4n) is 2.46. The minimum Gasteiger partial charge on any atom is -0.386 e. The highest BCUT2D eigenvalue weighted by atomic mass is 32.1. The summed E-state index contributed by atoms with van der Waals surface area (Å²) in [5.41, 5.74) is -0.640. The van der Waals surface area contributed by atoms with Crippen molar-refractivity contribution in [3.63, 3.8) is 0 Å². The number of thiophene rings is 2. The Bertz CT molecular complexity index is 552. The number of hydrogen-bond donors (Lipinski definition) is 1. The van der Waals surface area contributed by atoms with E-state index < -0.39 is 5.60 Å². The van der Waals surface area contributed by atoms with Gasteiger partial charge in [0.05, 0.1) is 23.6 Å². The van der Waals surface area contributed by atoms with E-state index in [9.17, 15) is 9.90 Å². The van der Waals surface area contributed by atoms with Crippen molar-refractivity contribution in [2.24, 2.45) is 0 Å². The summed E-state index contributed by atoms with van der Waals surface area (Å²) in [5, 5.41) is 12.1. The largest absolute Gasteiger partial charge is 0.386 e. The minimum absolute atomic E-state index is 0.0594. The Morgan fingerprint density at radius 1 is 1.50 bits per heavy atom. The van der Waals surface area contributed by atoms with Gasteiger partial charge in [0.2, 0.25) is 0 Å². The summed E-state index contributed by atoms with van der Waals surface area (Å²) in [7, 11) is 0. The molecule has 1 saturated heterocycles. The fourth-order valence-corrected chi connectivity index (χ4v) is 4.53. The Kier molecular flexibility index (Phi) is 2.92. The molecule has 0 bridgehead atoms. The highest BCUT2D eigenvalue weighted by molar-refractivity contribution is 7.27. The summed E-state index contributed by atoms with van der Waals surface area (Å²) in [4.78, 5) is 14.7. The van der Waals surface area contributed by atoms with Gasteiger partial charge in [-0.2, -0.15) is 0 Å². The average Bonchev–Trinajstić information content (AvgIpc) is 2.84. The number of β-amino-alcohol motifs (C(OH)–C–C–N with tert-alkyl or cyclic N) is 1. The first-order valence-electron chi connectivity index (χ1n) is 6.10. The predicted molar refractivity (Wildman–Crippen MR) is 75.5 cm³/mol. The topological polar surface area (TPSA) is 40.5 Å². The van der Waals surface area contributed by atoms with Crippen molar-refractivity contribution >= 4 is 38.0 Å². The second-order valence-electron chi connectivity index (χ2n) is 4.90. The summed E-state index contributed by atoms with van der Waals surface area (Å²) in [6, 6.07) is 4.01. The van der Waals surface area contributed by atoms with Crippen LogP contribution in [0.1, 0.15) is 29.4 Å². The van der Waals surface area contributed by atoms with Crippen LogP contribution in [0.5, 0.6) is 0 Å². The standard InChI is InChI=1S/C13H15NO2S2/c1-2-4-13(16)7-14(8-13)12(15)11-6-10-9(18-11)3-5-17-10/h3,5-6,16H,2,4,7-8H2,1H3. The Hall–Kier alpha value is -0.910. The lowest BCUT2D eigenvalue weighted by Gasteiger charge is -2.46. The molecule has 1 aliphatic rings. The minimum atomic E-state index is -0.640. The van der Waals surface area contributed by atoms with Crippen LogP contribution in [0.4, 0.5) is 0 Å². The number of amides is 1. The molecule has 0 unspecified atom stereocenters. The van der Waals surface area contributed by atoms with Gasteiger partial charge >= 0.3 is 0 Å². The van der Waals surface area contributed by atoms with E-state index in [1.54, 1.807) is 27.6 Å². The molecule has 2 aromatic heterocycles. The van der Waals surface area contributed by atoms with Crippen molar-refractivity contribution < 1.29 is 9.90 Å². The molecule has 5 heteroatoms. The van der Waals surface area contributed by atoms with E-state index in [-0.39, 0.29) is 5.91 Å². The molecule has 0 radical (unpaired) electrons. The normalized spacial score (nSPS) is 18.0. The molecule has 1 aliphatic heterocycles. The Balaban J connectivity index is 1.71. The number of nitrogens with zero attached hydrogens (tertiary/aromatic N) is 1. The molecule has 18 heavy (non-hydrogen) atoms. The van der Waals surface area contributed by atoms with E-state index in [4.69, 9.17) is 0 Å². The van der Waals surface area contributed by atoms with Crippen LogP contribution in [-0.4, -0.2) is 34.6 Å². The SMILES string of the molecule is CCCC1(O)CN(C(=O)c2cc3sccc3s2)C1. The van der Waals surface area contributed by atoms with E-state index in [2.05, 4.69) is 6.92 Å². The number of fused-ring (bicyclic) bond motifs is 1. The van der Waals surface area contributed by atoms with Crippen LogP contribution < -0.4 is 0 Å². The quantitative estimate of drug-likeness (QED) is 0.939. The average molecular weight is 281 g/mol. The molecule has 0 spiro atoms. The van der Waals surface area contributed by atoms with Crippen molar-refractivity contribution in [2.75, 3.05) is 13.1 Å². The van der Waals surface area contributed by atoms with Gasteiger partial charge in [0, 0.05) is 9.40 Å². The van der Waals surface area contributed by atoms with Crippen LogP contribution in [0.15, 0.2) is 17.5 Å². The van der Waals surface area contributed by atoms with Crippen molar-refractivity contribution in [1.29, 1.82) is 0 Å². The van der Waals surface area contributed by atoms with Gasteiger partial charge in [-0.05, 0) is 23.9 Å². The van der Waals surface area contributed by atoms with E-state index in [1.807, 2.05) is 17.5 Å². The fraction of sp³-hybridized carbons (Fsp3) is 0.462. The Morgan fingerprint density at radius 3 is 2.94 bits per heavy atom. The number of hydrogen-bond acceptors (Lipinski definition) is 4. The monoisotopic (exact) mass is 281 g/mol. The lowest BCUT2D eigenvalue weighted by molar-refractivity contribution is -0.0858. The number of carbonyl (C=O) groups is 1. The smallest absolute Gasteiger partial charge is 0.264 e. The zero-order valence-corrected chi connectivity index (χ0v) is 11.8. The third-order valence-corrected chi connectivity index (χ3v) is 5.40. The van der Waals surface area contributed by atoms with Gasteiger partial charge in [-0.1, -0.05) is 13.3 Å². The van der Waals surface area contributed by atoms with Crippen molar-refractivity contribution in [3.05, 3.63) is 22.4 Å². The maximum Gasteiger partial charge on any atom is 0.264 e. The first-order chi connectivity index (χ1) is 8.61. The summed E-state index contributed by atoms with van der Waals surface area (Å²) in [6.07, 6.45) is 1.73. The summed E-state index contributed by atoms with van der Waals surface area (Å²) in [6.45, 7) is 3.01.